The monoisotopic (exact) mass is 893 g/mol. The lowest BCUT2D eigenvalue weighted by Crippen LogP contribution is -2.54. The molecule has 2 rings (SSSR count). The average Bonchev–Trinajstić information content (AvgIpc) is 3.19. The van der Waals surface area contributed by atoms with E-state index in [1.165, 1.54) is 0 Å². The van der Waals surface area contributed by atoms with Crippen molar-refractivity contribution in [3.8, 4) is 0 Å². The smallest absolute Gasteiger partial charge is 0.407 e. The minimum atomic E-state index is -1.05. The SMILES string of the molecule is CC(C)N[C@H](C(=O)N[C@@H](CCCNC(N)=O)C(=O)Nc1ccc(COC(=O)NCCNC(=O)CN2CCN(CC(=O)O)CCN(CC(=O)O)CCN(CC(=O)O)CC2)cc1)C(C)C. The summed E-state index contributed by atoms with van der Waals surface area (Å²) < 4.78 is 5.29. The number of hydrogen-bond acceptors (Lipinski definition) is 14. The van der Waals surface area contributed by atoms with E-state index in [-0.39, 0.29) is 135 Å². The number of benzene rings is 1. The topological polar surface area (TPSA) is 318 Å². The number of nitrogens with two attached hydrogens (primary N) is 1. The minimum Gasteiger partial charge on any atom is -0.480 e. The molecule has 1 fully saturated rings. The summed E-state index contributed by atoms with van der Waals surface area (Å²) in [5.74, 6) is -4.36. The van der Waals surface area contributed by atoms with E-state index in [2.05, 4.69) is 31.9 Å². The Labute approximate surface area is 367 Å². The highest BCUT2D eigenvalue weighted by molar-refractivity contribution is 5.98. The van der Waals surface area contributed by atoms with Gasteiger partial charge < -0.3 is 57.7 Å². The van der Waals surface area contributed by atoms with Crippen molar-refractivity contribution >= 4 is 53.4 Å². The van der Waals surface area contributed by atoms with Crippen LogP contribution in [0.25, 0.3) is 0 Å². The molecule has 1 aliphatic rings. The summed E-state index contributed by atoms with van der Waals surface area (Å²) in [5.41, 5.74) is 6.20. The van der Waals surface area contributed by atoms with Crippen molar-refractivity contribution in [3.05, 3.63) is 29.8 Å². The Hall–Kier alpha value is -5.62. The molecule has 0 bridgehead atoms. The van der Waals surface area contributed by atoms with E-state index >= 15 is 0 Å². The van der Waals surface area contributed by atoms with Gasteiger partial charge in [0.05, 0.1) is 32.2 Å². The largest absolute Gasteiger partial charge is 0.480 e. The van der Waals surface area contributed by atoms with Gasteiger partial charge >= 0.3 is 30.0 Å². The summed E-state index contributed by atoms with van der Waals surface area (Å²) >= 11 is 0. The average molecular weight is 894 g/mol. The van der Waals surface area contributed by atoms with Gasteiger partial charge in [-0.25, -0.2) is 9.59 Å². The van der Waals surface area contributed by atoms with E-state index < -0.39 is 48.0 Å². The number of amides is 6. The van der Waals surface area contributed by atoms with Crippen LogP contribution in [0.4, 0.5) is 15.3 Å². The maximum absolute atomic E-state index is 13.3. The second-order valence-electron chi connectivity index (χ2n) is 15.9. The second-order valence-corrected chi connectivity index (χ2v) is 15.9. The van der Waals surface area contributed by atoms with Crippen molar-refractivity contribution in [2.24, 2.45) is 11.7 Å². The third-order valence-corrected chi connectivity index (χ3v) is 9.75. The molecule has 1 aromatic rings. The lowest BCUT2D eigenvalue weighted by Gasteiger charge is -2.32. The van der Waals surface area contributed by atoms with Crippen molar-refractivity contribution in [2.75, 3.05) is 103 Å². The first-order valence-corrected chi connectivity index (χ1v) is 21.0. The van der Waals surface area contributed by atoms with Gasteiger partial charge in [-0.05, 0) is 36.5 Å². The van der Waals surface area contributed by atoms with Crippen molar-refractivity contribution < 1.29 is 58.4 Å². The predicted octanol–water partition coefficient (Wildman–Crippen LogP) is -1.60. The summed E-state index contributed by atoms with van der Waals surface area (Å²) in [7, 11) is 0. The van der Waals surface area contributed by atoms with E-state index in [4.69, 9.17) is 10.5 Å². The summed E-state index contributed by atoms with van der Waals surface area (Å²) in [6.45, 7) is 9.08. The molecule has 23 nitrogen and oxygen atoms in total. The number of hydrogen-bond donors (Lipinski definition) is 10. The molecule has 0 unspecified atom stereocenters. The fourth-order valence-corrected chi connectivity index (χ4v) is 6.50. The minimum absolute atomic E-state index is 0.0319. The van der Waals surface area contributed by atoms with Crippen LogP contribution in [0.5, 0.6) is 0 Å². The van der Waals surface area contributed by atoms with Gasteiger partial charge in [0.25, 0.3) is 0 Å². The first-order valence-electron chi connectivity index (χ1n) is 21.0. The van der Waals surface area contributed by atoms with Gasteiger partial charge in [-0.1, -0.05) is 39.8 Å². The zero-order valence-corrected chi connectivity index (χ0v) is 36.7. The number of anilines is 1. The van der Waals surface area contributed by atoms with Crippen molar-refractivity contribution in [1.82, 2.24) is 46.2 Å². The molecular formula is C40H67N11O12. The zero-order chi connectivity index (χ0) is 46.9. The van der Waals surface area contributed by atoms with Crippen LogP contribution >= 0.6 is 0 Å². The van der Waals surface area contributed by atoms with Crippen LogP contribution in [0, 0.1) is 5.92 Å². The number of urea groups is 1. The van der Waals surface area contributed by atoms with Crippen LogP contribution in [-0.2, 0) is 40.1 Å². The van der Waals surface area contributed by atoms with Gasteiger partial charge in [-0.15, -0.1) is 0 Å². The van der Waals surface area contributed by atoms with Gasteiger partial charge in [0.2, 0.25) is 17.7 Å². The molecule has 1 aliphatic heterocycles. The van der Waals surface area contributed by atoms with E-state index in [0.717, 1.165) is 0 Å². The first-order chi connectivity index (χ1) is 29.8. The fourth-order valence-electron chi connectivity index (χ4n) is 6.50. The van der Waals surface area contributed by atoms with Crippen molar-refractivity contribution in [1.29, 1.82) is 0 Å². The number of alkyl carbamates (subject to hydrolysis) is 1. The molecule has 63 heavy (non-hydrogen) atoms. The van der Waals surface area contributed by atoms with E-state index in [0.29, 0.717) is 17.7 Å². The quantitative estimate of drug-likeness (QED) is 0.0523. The van der Waals surface area contributed by atoms with E-state index in [1.54, 1.807) is 43.9 Å². The highest BCUT2D eigenvalue weighted by Crippen LogP contribution is 2.13. The van der Waals surface area contributed by atoms with Gasteiger partial charge in [-0.2, -0.15) is 0 Å². The number of carboxylic acid groups (broad SMARTS) is 3. The molecule has 11 N–H and O–H groups in total. The van der Waals surface area contributed by atoms with Crippen LogP contribution < -0.4 is 37.6 Å². The molecular weight excluding hydrogens is 827 g/mol. The lowest BCUT2D eigenvalue weighted by molar-refractivity contribution is -0.140. The number of primary amides is 1. The normalized spacial score (nSPS) is 15.8. The number of nitrogens with zero attached hydrogens (tertiary/aromatic N) is 4. The molecule has 1 saturated heterocycles. The maximum atomic E-state index is 13.3. The standard InChI is InChI=1S/C40H67N11O12/c1-27(2)36(45-28(3)4)38(60)47-31(6-5-11-43-39(41)61)37(59)46-30-9-7-29(8-10-30)26-63-40(62)44-13-12-42-32(52)22-48-14-16-49(23-33(53)54)18-20-51(25-35(57)58)21-19-50(17-15-48)24-34(55)56/h7-10,27-28,31,36,45H,5-6,11-26H2,1-4H3,(H,42,52)(H,44,62)(H,46,59)(H,47,60)(H,53,54)(H,55,56)(H,57,58)(H3,41,43,61)/t31-,36-/m0/s1. The summed E-state index contributed by atoms with van der Waals surface area (Å²) in [5, 5.41) is 44.8. The third-order valence-electron chi connectivity index (χ3n) is 9.75. The summed E-state index contributed by atoms with van der Waals surface area (Å²) in [4.78, 5) is 104. The molecule has 2 atom stereocenters. The van der Waals surface area contributed by atoms with E-state index in [9.17, 15) is 53.7 Å². The molecule has 0 aromatic heterocycles. The number of rotatable bonds is 24. The van der Waals surface area contributed by atoms with Gasteiger partial charge in [0.1, 0.15) is 12.6 Å². The number of aliphatic carboxylic acids is 3. The fraction of sp³-hybridized carbons (Fsp3) is 0.650. The molecule has 23 heteroatoms. The Morgan fingerprint density at radius 2 is 1.13 bits per heavy atom. The van der Waals surface area contributed by atoms with Crippen molar-refractivity contribution in [2.45, 2.75) is 65.3 Å². The molecule has 6 amide bonds. The highest BCUT2D eigenvalue weighted by atomic mass is 16.5. The Bertz CT molecular complexity index is 1620. The maximum Gasteiger partial charge on any atom is 0.407 e. The molecule has 354 valence electrons. The van der Waals surface area contributed by atoms with Crippen molar-refractivity contribution in [3.63, 3.8) is 0 Å². The number of carboxylic acids is 3. The Morgan fingerprint density at radius 3 is 1.57 bits per heavy atom. The number of carbonyl (C=O) groups excluding carboxylic acids is 5. The number of carbonyl (C=O) groups is 8. The Balaban J connectivity index is 1.89. The van der Waals surface area contributed by atoms with Gasteiger partial charge in [0, 0.05) is 83.7 Å². The lowest BCUT2D eigenvalue weighted by atomic mass is 10.0. The van der Waals surface area contributed by atoms with Gasteiger partial charge in [-0.3, -0.25) is 48.4 Å². The third kappa shape index (κ3) is 24.0. The molecule has 0 radical (unpaired) electrons. The van der Waals surface area contributed by atoms with Crippen LogP contribution in [0.15, 0.2) is 24.3 Å². The summed E-state index contributed by atoms with van der Waals surface area (Å²) in [6.07, 6.45) is -0.127. The van der Waals surface area contributed by atoms with E-state index in [1.807, 2.05) is 27.7 Å². The Morgan fingerprint density at radius 1 is 0.651 bits per heavy atom. The van der Waals surface area contributed by atoms with Crippen LogP contribution in [-0.4, -0.2) is 199 Å². The number of nitrogens with one attached hydrogen (secondary N) is 6. The zero-order valence-electron chi connectivity index (χ0n) is 36.7. The molecule has 0 aliphatic carbocycles. The Kier molecular flexibility index (Phi) is 24.5. The molecule has 0 spiro atoms. The summed E-state index contributed by atoms with van der Waals surface area (Å²) in [6, 6.07) is 4.45. The van der Waals surface area contributed by atoms with Crippen LogP contribution in [0.3, 0.4) is 0 Å². The van der Waals surface area contributed by atoms with Crippen LogP contribution in [0.1, 0.15) is 46.1 Å². The molecule has 1 heterocycles. The highest BCUT2D eigenvalue weighted by Gasteiger charge is 2.28. The molecule has 1 aromatic carbocycles. The second kappa shape index (κ2) is 28.9. The van der Waals surface area contributed by atoms with Gasteiger partial charge in [0.15, 0.2) is 0 Å². The van der Waals surface area contributed by atoms with Crippen LogP contribution in [0.2, 0.25) is 0 Å². The predicted molar refractivity (Wildman–Crippen MR) is 231 cm³/mol. The first kappa shape index (κ1) is 53.5. The number of ether oxygens (including phenoxy) is 1. The molecule has 0 saturated carbocycles.